The lowest BCUT2D eigenvalue weighted by molar-refractivity contribution is -0.144. The average molecular weight is 467 g/mol. The number of nitrogens with zero attached hydrogens (tertiary/aromatic N) is 1. The Bertz CT molecular complexity index is 1030. The van der Waals surface area contributed by atoms with Gasteiger partial charge in [0.1, 0.15) is 12.6 Å². The van der Waals surface area contributed by atoms with E-state index in [-0.39, 0.29) is 36.7 Å². The van der Waals surface area contributed by atoms with Crippen LogP contribution in [0.15, 0.2) is 48.5 Å². The van der Waals surface area contributed by atoms with E-state index in [0.29, 0.717) is 19.8 Å². The first kappa shape index (κ1) is 23.8. The lowest BCUT2D eigenvalue weighted by atomic mass is 9.88. The number of carbonyl (C=O) groups excluding carboxylic acids is 2. The lowest BCUT2D eigenvalue weighted by Gasteiger charge is -2.41. The topological polar surface area (TPSA) is 105 Å². The van der Waals surface area contributed by atoms with Crippen molar-refractivity contribution in [2.45, 2.75) is 31.7 Å². The normalized spacial score (nSPS) is 16.5. The third-order valence-corrected chi connectivity index (χ3v) is 6.48. The number of hydrogen-bond acceptors (Lipinski definition) is 5. The molecule has 180 valence electrons. The number of benzene rings is 2. The van der Waals surface area contributed by atoms with Crippen molar-refractivity contribution in [1.29, 1.82) is 0 Å². The predicted molar refractivity (Wildman–Crippen MR) is 125 cm³/mol. The van der Waals surface area contributed by atoms with Crippen LogP contribution in [-0.2, 0) is 19.1 Å². The number of carbonyl (C=O) groups is 3. The fourth-order valence-corrected chi connectivity index (χ4v) is 4.77. The van der Waals surface area contributed by atoms with Gasteiger partial charge in [-0.2, -0.15) is 0 Å². The van der Waals surface area contributed by atoms with Crippen LogP contribution in [0.1, 0.15) is 36.8 Å². The van der Waals surface area contributed by atoms with E-state index < -0.39 is 18.1 Å². The van der Waals surface area contributed by atoms with Gasteiger partial charge >= 0.3 is 12.1 Å². The molecule has 1 unspecified atom stereocenters. The zero-order valence-electron chi connectivity index (χ0n) is 19.5. The maximum absolute atomic E-state index is 13.0. The molecule has 2 N–H and O–H groups in total. The molecule has 1 heterocycles. The molecule has 8 nitrogen and oxygen atoms in total. The van der Waals surface area contributed by atoms with E-state index in [9.17, 15) is 14.4 Å². The van der Waals surface area contributed by atoms with E-state index >= 15 is 0 Å². The zero-order chi connectivity index (χ0) is 24.3. The Kier molecular flexibility index (Phi) is 6.88. The Morgan fingerprint density at radius 1 is 1.12 bits per heavy atom. The van der Waals surface area contributed by atoms with E-state index in [1.165, 1.54) is 4.90 Å². The van der Waals surface area contributed by atoms with Gasteiger partial charge in [-0.25, -0.2) is 4.79 Å². The molecule has 1 fully saturated rings. The van der Waals surface area contributed by atoms with E-state index in [2.05, 4.69) is 17.4 Å². The third-order valence-electron chi connectivity index (χ3n) is 6.48. The first-order valence-electron chi connectivity index (χ1n) is 11.4. The van der Waals surface area contributed by atoms with Crippen molar-refractivity contribution in [2.75, 3.05) is 33.4 Å². The summed E-state index contributed by atoms with van der Waals surface area (Å²) < 4.78 is 10.8. The molecule has 1 aliphatic carbocycles. The highest BCUT2D eigenvalue weighted by atomic mass is 16.5. The van der Waals surface area contributed by atoms with Crippen LogP contribution in [-0.4, -0.2) is 67.4 Å². The van der Waals surface area contributed by atoms with E-state index in [0.717, 1.165) is 22.3 Å². The molecule has 8 heteroatoms. The molecule has 0 saturated carbocycles. The summed E-state index contributed by atoms with van der Waals surface area (Å²) in [6, 6.07) is 15.1. The van der Waals surface area contributed by atoms with Crippen LogP contribution in [0.4, 0.5) is 4.79 Å². The number of alkyl carbamates (subject to hydrolysis) is 1. The molecule has 4 rings (SSSR count). The molecule has 2 amide bonds. The van der Waals surface area contributed by atoms with Crippen LogP contribution in [0.3, 0.4) is 0 Å². The monoisotopic (exact) mass is 466 g/mol. The molecule has 0 aromatic heterocycles. The number of likely N-dealkylation sites (N-methyl/N-ethyl adjacent to an activating group) is 1. The number of nitrogens with one attached hydrogen (secondary N) is 1. The smallest absolute Gasteiger partial charge is 0.407 e. The molecular weight excluding hydrogens is 436 g/mol. The van der Waals surface area contributed by atoms with Crippen LogP contribution in [0.5, 0.6) is 0 Å². The van der Waals surface area contributed by atoms with Crippen molar-refractivity contribution >= 4 is 18.0 Å². The Morgan fingerprint density at radius 3 is 2.24 bits per heavy atom. The number of fused-ring (bicyclic) bond motifs is 3. The maximum Gasteiger partial charge on any atom is 0.407 e. The lowest BCUT2D eigenvalue weighted by Crippen LogP contribution is -2.54. The second-order valence-electron chi connectivity index (χ2n) is 9.45. The summed E-state index contributed by atoms with van der Waals surface area (Å²) in [5.74, 6) is -1.48. The SMILES string of the molecule is CN(CC1(C)COC1)C(=O)C(CCC(=O)O)NC(=O)OCC1c2ccccc2-c2ccccc21. The van der Waals surface area contributed by atoms with E-state index in [1.54, 1.807) is 7.05 Å². The number of aliphatic carboxylic acids is 1. The van der Waals surface area contributed by atoms with Crippen LogP contribution >= 0.6 is 0 Å². The van der Waals surface area contributed by atoms with Gasteiger partial charge in [0.25, 0.3) is 0 Å². The zero-order valence-corrected chi connectivity index (χ0v) is 19.5. The Morgan fingerprint density at radius 2 is 1.71 bits per heavy atom. The molecule has 2 aromatic rings. The Balaban J connectivity index is 1.41. The summed E-state index contributed by atoms with van der Waals surface area (Å²) in [5, 5.41) is 11.7. The number of amides is 2. The van der Waals surface area contributed by atoms with Gasteiger partial charge < -0.3 is 24.8 Å². The first-order chi connectivity index (χ1) is 16.3. The van der Waals surface area contributed by atoms with Gasteiger partial charge in [0.05, 0.1) is 13.2 Å². The molecule has 0 bridgehead atoms. The number of hydrogen-bond donors (Lipinski definition) is 2. The van der Waals surface area contributed by atoms with Crippen molar-refractivity contribution < 1.29 is 29.0 Å². The number of carboxylic acid groups (broad SMARTS) is 1. The molecular formula is C26H30N2O6. The van der Waals surface area contributed by atoms with Gasteiger partial charge in [0.2, 0.25) is 5.91 Å². The standard InChI is InChI=1S/C26H30N2O6/c1-26(15-33-16-26)14-28(2)24(31)22(11-12-23(29)30)27-25(32)34-13-21-19-9-5-3-7-17(19)18-8-4-6-10-20(18)21/h3-10,21-22H,11-16H2,1-2H3,(H,27,32)(H,29,30). The summed E-state index contributed by atoms with van der Waals surface area (Å²) in [6.07, 6.45) is -0.998. The highest BCUT2D eigenvalue weighted by Gasteiger charge is 2.37. The molecule has 0 spiro atoms. The molecule has 1 atom stereocenters. The minimum absolute atomic E-state index is 0.0179. The highest BCUT2D eigenvalue weighted by Crippen LogP contribution is 2.44. The summed E-state index contributed by atoms with van der Waals surface area (Å²) in [7, 11) is 1.65. The fourth-order valence-electron chi connectivity index (χ4n) is 4.77. The fraction of sp³-hybridized carbons (Fsp3) is 0.423. The quantitative estimate of drug-likeness (QED) is 0.588. The van der Waals surface area contributed by atoms with Crippen molar-refractivity contribution in [3.63, 3.8) is 0 Å². The second-order valence-corrected chi connectivity index (χ2v) is 9.45. The van der Waals surface area contributed by atoms with Gasteiger partial charge in [0.15, 0.2) is 0 Å². The van der Waals surface area contributed by atoms with Crippen LogP contribution < -0.4 is 5.32 Å². The number of carboxylic acids is 1. The molecule has 1 saturated heterocycles. The third kappa shape index (κ3) is 5.07. The van der Waals surface area contributed by atoms with E-state index in [4.69, 9.17) is 14.6 Å². The molecule has 2 aliphatic rings. The minimum Gasteiger partial charge on any atom is -0.481 e. The maximum atomic E-state index is 13.0. The largest absolute Gasteiger partial charge is 0.481 e. The minimum atomic E-state index is -1.03. The van der Waals surface area contributed by atoms with E-state index in [1.807, 2.05) is 43.3 Å². The average Bonchev–Trinajstić information content (AvgIpc) is 3.12. The highest BCUT2D eigenvalue weighted by molar-refractivity contribution is 5.86. The predicted octanol–water partition coefficient (Wildman–Crippen LogP) is 3.25. The van der Waals surface area contributed by atoms with Crippen molar-refractivity contribution in [1.82, 2.24) is 10.2 Å². The van der Waals surface area contributed by atoms with Crippen molar-refractivity contribution in [3.05, 3.63) is 59.7 Å². The Labute approximate surface area is 198 Å². The summed E-state index contributed by atoms with van der Waals surface area (Å²) in [6.45, 7) is 3.71. The molecule has 34 heavy (non-hydrogen) atoms. The van der Waals surface area contributed by atoms with Crippen molar-refractivity contribution in [2.24, 2.45) is 5.41 Å². The van der Waals surface area contributed by atoms with Crippen LogP contribution in [0.2, 0.25) is 0 Å². The molecule has 0 radical (unpaired) electrons. The first-order valence-corrected chi connectivity index (χ1v) is 11.4. The van der Waals surface area contributed by atoms with Crippen LogP contribution in [0.25, 0.3) is 11.1 Å². The van der Waals surface area contributed by atoms with Gasteiger partial charge in [-0.15, -0.1) is 0 Å². The van der Waals surface area contributed by atoms with Gasteiger partial charge in [-0.05, 0) is 28.7 Å². The van der Waals surface area contributed by atoms with Gasteiger partial charge in [-0.3, -0.25) is 9.59 Å². The molecule has 1 aliphatic heterocycles. The summed E-state index contributed by atoms with van der Waals surface area (Å²) in [5.41, 5.74) is 4.29. The summed E-state index contributed by atoms with van der Waals surface area (Å²) >= 11 is 0. The summed E-state index contributed by atoms with van der Waals surface area (Å²) in [4.78, 5) is 38.3. The number of rotatable bonds is 9. The molecule has 2 aromatic carbocycles. The Hall–Kier alpha value is -3.39. The number of ether oxygens (including phenoxy) is 2. The van der Waals surface area contributed by atoms with Crippen LogP contribution in [0, 0.1) is 5.41 Å². The van der Waals surface area contributed by atoms with Gasteiger partial charge in [0, 0.05) is 31.3 Å². The van der Waals surface area contributed by atoms with Crippen molar-refractivity contribution in [3.8, 4) is 11.1 Å². The van der Waals surface area contributed by atoms with Gasteiger partial charge in [-0.1, -0.05) is 55.5 Å². The second kappa shape index (κ2) is 9.85.